The molecular formula is C49H68N5O11P. The van der Waals surface area contributed by atoms with E-state index < -0.39 is 75.5 Å². The molecule has 8 aliphatic rings. The molecule has 1 spiro atoms. The van der Waals surface area contributed by atoms with Gasteiger partial charge in [-0.25, -0.2) is 0 Å². The fourth-order valence-corrected chi connectivity index (χ4v) is 16.7. The van der Waals surface area contributed by atoms with Crippen molar-refractivity contribution in [1.29, 1.82) is 0 Å². The van der Waals surface area contributed by atoms with E-state index >= 15 is 14.8 Å². The number of para-hydroxylation sites is 1. The molecule has 16 nitrogen and oxygen atoms in total. The standard InChI is InChI=1S/C49H68N5O11P/c1-9-45-19-15-21-53-22-20-47(40(45)53)33-24-34(37(61-7)25-36(33)52(6)41(47)49(58,42(45)55)43(56)50-29(5)66(60,63-11-3)64-12-4)48(44(57)62-8)26-30-27-54(59,28-46(10-2)39(30)65-46)23-18-32-31-16-13-14-17-35(31)51-38(32)48/h13-17,19,24-25,29-30,32,38-42,51,55,58H,9-12,18,20-23,26-28H2,1-8H3,(H,50,56)/t29-,30?,32?,38?,39?,40+,41-,42-,45-,46?,47-,48-,49+,54?/m0/s1. The van der Waals surface area contributed by atoms with Crippen molar-refractivity contribution in [3.8, 4) is 5.75 Å². The zero-order chi connectivity index (χ0) is 47.0. The van der Waals surface area contributed by atoms with Crippen LogP contribution in [-0.4, -0.2) is 146 Å². The predicted octanol–water partition coefficient (Wildman–Crippen LogP) is 4.90. The Kier molecular flexibility index (Phi) is 11.0. The third-order valence-electron chi connectivity index (χ3n) is 17.8. The number of anilines is 2. The predicted molar refractivity (Wildman–Crippen MR) is 247 cm³/mol. The van der Waals surface area contributed by atoms with E-state index in [-0.39, 0.29) is 43.6 Å². The van der Waals surface area contributed by atoms with Gasteiger partial charge in [0.15, 0.2) is 5.60 Å². The maximum Gasteiger partial charge on any atom is 0.352 e. The number of amides is 1. The number of likely N-dealkylation sites (N-methyl/N-ethyl adjacent to an activating group) is 1. The molecule has 4 saturated heterocycles. The van der Waals surface area contributed by atoms with Crippen molar-refractivity contribution in [3.63, 3.8) is 0 Å². The van der Waals surface area contributed by atoms with Gasteiger partial charge in [-0.2, -0.15) is 0 Å². The van der Waals surface area contributed by atoms with Crippen LogP contribution in [0.1, 0.15) is 89.3 Å². The van der Waals surface area contributed by atoms with Crippen molar-refractivity contribution in [1.82, 2.24) is 10.2 Å². The Morgan fingerprint density at radius 2 is 1.83 bits per heavy atom. The number of carbonyl (C=O) groups is 2. The van der Waals surface area contributed by atoms with Crippen molar-refractivity contribution in [2.45, 2.75) is 131 Å². The fraction of sp³-hybridized carbons (Fsp3) is 0.673. The maximum atomic E-state index is 15.5. The lowest BCUT2D eigenvalue weighted by Crippen LogP contribution is -2.82. The van der Waals surface area contributed by atoms with Crippen LogP contribution >= 0.6 is 7.60 Å². The van der Waals surface area contributed by atoms with Crippen LogP contribution in [0.25, 0.3) is 0 Å². The highest BCUT2D eigenvalue weighted by Crippen LogP contribution is 2.68. The van der Waals surface area contributed by atoms with Gasteiger partial charge in [0.05, 0.1) is 52.6 Å². The van der Waals surface area contributed by atoms with Crippen molar-refractivity contribution in [3.05, 3.63) is 70.4 Å². The highest BCUT2D eigenvalue weighted by molar-refractivity contribution is 7.54. The lowest BCUT2D eigenvalue weighted by Gasteiger charge is -2.63. The summed E-state index contributed by atoms with van der Waals surface area (Å²) >= 11 is 0. The number of nitrogens with zero attached hydrogens (tertiary/aromatic N) is 3. The second kappa shape index (κ2) is 15.7. The van der Waals surface area contributed by atoms with E-state index in [2.05, 4.69) is 34.6 Å². The second-order valence-corrected chi connectivity index (χ2v) is 22.9. The first kappa shape index (κ1) is 46.2. The summed E-state index contributed by atoms with van der Waals surface area (Å²) in [5.74, 6) is -2.62. The Labute approximate surface area is 388 Å². The number of hydroxylamine groups is 3. The van der Waals surface area contributed by atoms with Gasteiger partial charge in [-0.1, -0.05) is 44.2 Å². The molecule has 2 aromatic carbocycles. The summed E-state index contributed by atoms with van der Waals surface area (Å²) in [4.78, 5) is 35.1. The van der Waals surface area contributed by atoms with E-state index in [0.29, 0.717) is 75.4 Å². The summed E-state index contributed by atoms with van der Waals surface area (Å²) < 4.78 is 43.9. The van der Waals surface area contributed by atoms with Crippen molar-refractivity contribution < 1.29 is 52.3 Å². The Hall–Kier alpha value is -3.57. The molecule has 14 atom stereocenters. The molecule has 1 saturated carbocycles. The normalized spacial score (nSPS) is 40.8. The van der Waals surface area contributed by atoms with E-state index in [0.717, 1.165) is 16.8 Å². The van der Waals surface area contributed by atoms with Gasteiger partial charge in [0.1, 0.15) is 41.3 Å². The molecule has 4 N–H and O–H groups in total. The molecular weight excluding hydrogens is 866 g/mol. The van der Waals surface area contributed by atoms with Gasteiger partial charge in [0.25, 0.3) is 5.91 Å². The number of rotatable bonds is 12. The topological polar surface area (TPSA) is 195 Å². The Balaban J connectivity index is 1.20. The number of methoxy groups -OCH3 is 2. The monoisotopic (exact) mass is 933 g/mol. The summed E-state index contributed by atoms with van der Waals surface area (Å²) in [6.45, 7) is 11.4. The Bertz CT molecular complexity index is 2380. The van der Waals surface area contributed by atoms with Gasteiger partial charge in [0.2, 0.25) is 0 Å². The molecule has 6 unspecified atom stereocenters. The largest absolute Gasteiger partial charge is 0.633 e. The average Bonchev–Trinajstić information content (AvgIpc) is 3.57. The molecule has 360 valence electrons. The van der Waals surface area contributed by atoms with Gasteiger partial charge >= 0.3 is 13.6 Å². The van der Waals surface area contributed by atoms with Crippen molar-refractivity contribution in [2.75, 3.05) is 77.4 Å². The molecule has 1 aliphatic carbocycles. The first-order valence-corrected chi connectivity index (χ1v) is 25.8. The highest BCUT2D eigenvalue weighted by atomic mass is 31.2. The zero-order valence-electron chi connectivity index (χ0n) is 39.6. The van der Waals surface area contributed by atoms with Crippen LogP contribution < -0.4 is 20.3 Å². The maximum absolute atomic E-state index is 15.5. The lowest BCUT2D eigenvalue weighted by molar-refractivity contribution is -0.890. The first-order chi connectivity index (χ1) is 31.5. The minimum Gasteiger partial charge on any atom is -0.633 e. The number of piperidine rings is 1. The number of hydrogen-bond donors (Lipinski definition) is 4. The van der Waals surface area contributed by atoms with Crippen LogP contribution in [0.4, 0.5) is 11.4 Å². The number of nitrogens with one attached hydrogen (secondary N) is 2. The van der Waals surface area contributed by atoms with E-state index in [1.807, 2.05) is 55.3 Å². The molecule has 1 amide bonds. The number of benzene rings is 2. The molecule has 5 fully saturated rings. The molecule has 0 radical (unpaired) electrons. The van der Waals surface area contributed by atoms with Gasteiger partial charge in [-0.05, 0) is 76.3 Å². The van der Waals surface area contributed by atoms with Gasteiger partial charge in [-0.15, -0.1) is 0 Å². The van der Waals surface area contributed by atoms with Crippen molar-refractivity contribution >= 4 is 30.8 Å². The molecule has 17 heteroatoms. The zero-order valence-corrected chi connectivity index (χ0v) is 40.5. The summed E-state index contributed by atoms with van der Waals surface area (Å²) in [6.07, 6.45) is 4.55. The number of epoxide rings is 1. The molecule has 2 bridgehead atoms. The minimum absolute atomic E-state index is 0.0701. The first-order valence-electron chi connectivity index (χ1n) is 24.1. The third kappa shape index (κ3) is 5.95. The van der Waals surface area contributed by atoms with Crippen LogP contribution in [0.15, 0.2) is 48.6 Å². The van der Waals surface area contributed by atoms with E-state index in [9.17, 15) is 14.8 Å². The van der Waals surface area contributed by atoms with E-state index in [1.165, 1.54) is 14.0 Å². The number of carbonyl (C=O) groups excluding carboxylic acids is 2. The molecule has 7 heterocycles. The van der Waals surface area contributed by atoms with Gasteiger partial charge in [0, 0.05) is 71.7 Å². The molecule has 0 aromatic heterocycles. The number of quaternary nitrogens is 1. The van der Waals surface area contributed by atoms with Crippen LogP contribution in [0, 0.1) is 16.5 Å². The van der Waals surface area contributed by atoms with Crippen LogP contribution in [-0.2, 0) is 43.5 Å². The number of esters is 1. The highest BCUT2D eigenvalue weighted by Gasteiger charge is 2.79. The van der Waals surface area contributed by atoms with Gasteiger partial charge in [-0.3, -0.25) is 19.1 Å². The van der Waals surface area contributed by atoms with E-state index in [4.69, 9.17) is 23.3 Å². The lowest BCUT2D eigenvalue weighted by atomic mass is 9.47. The van der Waals surface area contributed by atoms with Gasteiger partial charge < -0.3 is 58.9 Å². The smallest absolute Gasteiger partial charge is 0.352 e. The number of aliphatic hydroxyl groups is 2. The average molecular weight is 934 g/mol. The van der Waals surface area contributed by atoms with Crippen LogP contribution in [0.5, 0.6) is 5.75 Å². The summed E-state index contributed by atoms with van der Waals surface area (Å²) in [7, 11) is 0.937. The Morgan fingerprint density at radius 1 is 1.09 bits per heavy atom. The number of aliphatic hydroxyl groups excluding tert-OH is 1. The summed E-state index contributed by atoms with van der Waals surface area (Å²) in [5, 5.41) is 48.2. The molecule has 10 rings (SSSR count). The number of hydrogen-bond acceptors (Lipinski definition) is 14. The van der Waals surface area contributed by atoms with Crippen LogP contribution in [0.3, 0.4) is 0 Å². The summed E-state index contributed by atoms with van der Waals surface area (Å²) in [5.41, 5.74) is -2.54. The number of ether oxygens (including phenoxy) is 3. The van der Waals surface area contributed by atoms with Crippen LogP contribution in [0.2, 0.25) is 0 Å². The summed E-state index contributed by atoms with van der Waals surface area (Å²) in [6, 6.07) is 10.1. The Morgan fingerprint density at radius 3 is 2.52 bits per heavy atom. The fourth-order valence-electron chi connectivity index (χ4n) is 15.2. The molecule has 2 aromatic rings. The SMILES string of the molecule is CCOP(=O)(OCC)[C@@H](C)NC(=O)[C@@]1(O)[C@H]2N(C)c3cc(OC)c([C@@]4(C(=O)OC)CC5C[N+]([O-])(CCC6c7ccccc7NC64)CC4(CC)OC54)cc3[C@]23CCN2CC=C[C@@](CC)([C@@H]23)[C@@H]1O. The van der Waals surface area contributed by atoms with Crippen molar-refractivity contribution in [2.24, 2.45) is 11.3 Å². The minimum atomic E-state index is -3.91. The molecule has 66 heavy (non-hydrogen) atoms. The molecule has 7 aliphatic heterocycles. The van der Waals surface area contributed by atoms with E-state index in [1.54, 1.807) is 21.0 Å². The third-order valence-corrected chi connectivity index (χ3v) is 20.1. The quantitative estimate of drug-likeness (QED) is 0.0561. The second-order valence-electron chi connectivity index (χ2n) is 20.5. The number of fused-ring (bicyclic) bond motifs is 8.